The number of nitrogens with zero attached hydrogens (tertiary/aromatic N) is 2. The van der Waals surface area contributed by atoms with Crippen molar-refractivity contribution in [2.45, 2.75) is 32.4 Å². The first kappa shape index (κ1) is 23.1. The molecule has 3 N–H and O–H groups in total. The van der Waals surface area contributed by atoms with E-state index in [4.69, 9.17) is 9.47 Å². The summed E-state index contributed by atoms with van der Waals surface area (Å²) in [6, 6.07) is 5.32. The third-order valence-corrected chi connectivity index (χ3v) is 4.31. The van der Waals surface area contributed by atoms with E-state index < -0.39 is 0 Å². The number of ether oxygens (including phenoxy) is 2. The summed E-state index contributed by atoms with van der Waals surface area (Å²) in [6.07, 6.45) is 1.37. The molecule has 0 spiro atoms. The number of phenolic OH excluding ortho intramolecular Hbond substituents is 1. The van der Waals surface area contributed by atoms with E-state index in [1.165, 1.54) is 7.11 Å². The molecule has 0 radical (unpaired) electrons. The Labute approximate surface area is 177 Å². The highest BCUT2D eigenvalue weighted by Crippen LogP contribution is 2.23. The Morgan fingerprint density at radius 3 is 2.63 bits per heavy atom. The lowest BCUT2D eigenvalue weighted by Gasteiger charge is -2.32. The summed E-state index contributed by atoms with van der Waals surface area (Å²) >= 11 is 0. The number of aromatic hydroxyl groups is 1. The number of halogens is 1. The predicted octanol–water partition coefficient (Wildman–Crippen LogP) is 2.30. The van der Waals surface area contributed by atoms with Crippen LogP contribution in [0.5, 0.6) is 11.5 Å². The Hall–Kier alpha value is -1.91. The van der Waals surface area contributed by atoms with Crippen molar-refractivity contribution >= 4 is 36.0 Å². The molecule has 27 heavy (non-hydrogen) atoms. The molecule has 1 aliphatic rings. The monoisotopic (exact) mass is 492 g/mol. The lowest BCUT2D eigenvalue weighted by atomic mass is 10.1. The largest absolute Gasteiger partial charge is 0.508 e. The second-order valence-corrected chi connectivity index (χ2v) is 6.07. The van der Waals surface area contributed by atoms with Crippen LogP contribution >= 0.6 is 24.0 Å². The Morgan fingerprint density at radius 1 is 1.33 bits per heavy atom. The fraction of sp³-hybridized carbons (Fsp3) is 0.556. The van der Waals surface area contributed by atoms with Gasteiger partial charge >= 0.3 is 6.09 Å². The number of amides is 1. The third kappa shape index (κ3) is 6.96. The molecule has 1 aromatic rings. The molecule has 1 aromatic carbocycles. The van der Waals surface area contributed by atoms with Gasteiger partial charge in [-0.2, -0.15) is 0 Å². The molecule has 0 unspecified atom stereocenters. The van der Waals surface area contributed by atoms with Gasteiger partial charge in [0.25, 0.3) is 0 Å². The topological polar surface area (TPSA) is 95.4 Å². The van der Waals surface area contributed by atoms with Gasteiger partial charge < -0.3 is 30.1 Å². The summed E-state index contributed by atoms with van der Waals surface area (Å²) in [7, 11) is 2.99. The van der Waals surface area contributed by atoms with Crippen LogP contribution in [-0.4, -0.2) is 62.0 Å². The molecule has 1 amide bonds. The maximum Gasteiger partial charge on any atom is 0.409 e. The molecular formula is C18H29IN4O4. The van der Waals surface area contributed by atoms with Crippen LogP contribution in [-0.2, 0) is 11.3 Å². The van der Waals surface area contributed by atoms with Crippen molar-refractivity contribution in [2.75, 3.05) is 33.9 Å². The minimum absolute atomic E-state index is 0. The maximum absolute atomic E-state index is 11.6. The average Bonchev–Trinajstić information content (AvgIpc) is 2.67. The molecule has 0 aromatic heterocycles. The Bertz CT molecular complexity index is 634. The van der Waals surface area contributed by atoms with Crippen LogP contribution < -0.4 is 15.4 Å². The molecule has 1 aliphatic heterocycles. The van der Waals surface area contributed by atoms with Crippen LogP contribution in [0.15, 0.2) is 23.2 Å². The first-order valence-electron chi connectivity index (χ1n) is 8.81. The Kier molecular flexibility index (Phi) is 10.0. The molecule has 0 aliphatic carbocycles. The summed E-state index contributed by atoms with van der Waals surface area (Å²) in [4.78, 5) is 17.8. The number of piperidine rings is 1. The number of guanidine groups is 1. The molecule has 0 bridgehead atoms. The molecular weight excluding hydrogens is 463 g/mol. The van der Waals surface area contributed by atoms with Gasteiger partial charge in [-0.15, -0.1) is 24.0 Å². The zero-order valence-corrected chi connectivity index (χ0v) is 18.4. The molecule has 9 heteroatoms. The summed E-state index contributed by atoms with van der Waals surface area (Å²) < 4.78 is 9.95. The van der Waals surface area contributed by atoms with Crippen molar-refractivity contribution in [3.05, 3.63) is 23.8 Å². The second-order valence-electron chi connectivity index (χ2n) is 6.07. The number of hydrogen-bond donors (Lipinski definition) is 3. The minimum atomic E-state index is -0.280. The van der Waals surface area contributed by atoms with Gasteiger partial charge in [-0.05, 0) is 38.0 Å². The van der Waals surface area contributed by atoms with Crippen molar-refractivity contribution in [3.8, 4) is 11.5 Å². The van der Waals surface area contributed by atoms with E-state index in [0.29, 0.717) is 36.9 Å². The number of aliphatic imine (C=N–C) groups is 1. The number of phenols is 1. The fourth-order valence-corrected chi connectivity index (χ4v) is 2.83. The van der Waals surface area contributed by atoms with Gasteiger partial charge in [0.15, 0.2) is 5.96 Å². The number of methoxy groups -OCH3 is 2. The van der Waals surface area contributed by atoms with Gasteiger partial charge in [-0.25, -0.2) is 9.79 Å². The molecule has 8 nitrogen and oxygen atoms in total. The number of rotatable bonds is 5. The average molecular weight is 492 g/mol. The number of hydrogen-bond acceptors (Lipinski definition) is 5. The number of likely N-dealkylation sites (tertiary alicyclic amines) is 1. The molecule has 152 valence electrons. The highest BCUT2D eigenvalue weighted by Gasteiger charge is 2.23. The zero-order valence-electron chi connectivity index (χ0n) is 16.0. The lowest BCUT2D eigenvalue weighted by molar-refractivity contribution is 0.111. The molecule has 0 saturated carbocycles. The highest BCUT2D eigenvalue weighted by atomic mass is 127. The van der Waals surface area contributed by atoms with E-state index >= 15 is 0 Å². The normalized spacial score (nSPS) is 14.9. The fourth-order valence-electron chi connectivity index (χ4n) is 2.83. The Morgan fingerprint density at radius 2 is 2.04 bits per heavy atom. The molecule has 2 rings (SSSR count). The predicted molar refractivity (Wildman–Crippen MR) is 115 cm³/mol. The molecule has 1 fully saturated rings. The van der Waals surface area contributed by atoms with Crippen LogP contribution in [0.4, 0.5) is 4.79 Å². The van der Waals surface area contributed by atoms with Gasteiger partial charge in [-0.1, -0.05) is 0 Å². The molecule has 1 saturated heterocycles. The van der Waals surface area contributed by atoms with E-state index in [2.05, 4.69) is 15.6 Å². The molecule has 0 atom stereocenters. The van der Waals surface area contributed by atoms with Gasteiger partial charge in [0.1, 0.15) is 11.5 Å². The van der Waals surface area contributed by atoms with E-state index in [9.17, 15) is 9.90 Å². The van der Waals surface area contributed by atoms with Gasteiger partial charge in [0.2, 0.25) is 0 Å². The quantitative estimate of drug-likeness (QED) is 0.332. The number of carbonyl (C=O) groups is 1. The summed E-state index contributed by atoms with van der Waals surface area (Å²) in [5.41, 5.74) is 0.696. The standard InChI is InChI=1S/C18H28N4O4.HI/c1-4-19-17(20-12-13-11-15(25-2)5-6-16(13)23)21-14-7-9-22(10-8-14)18(24)26-3;/h5-6,11,14,23H,4,7-10,12H2,1-3H3,(H2,19,20,21);1H. The molecule has 1 heterocycles. The van der Waals surface area contributed by atoms with Crippen molar-refractivity contribution < 1.29 is 19.4 Å². The lowest BCUT2D eigenvalue weighted by Crippen LogP contribution is -2.49. The third-order valence-electron chi connectivity index (χ3n) is 4.31. The number of nitrogens with one attached hydrogen (secondary N) is 2. The van der Waals surface area contributed by atoms with Gasteiger partial charge in [0.05, 0.1) is 20.8 Å². The highest BCUT2D eigenvalue weighted by molar-refractivity contribution is 14.0. The summed E-state index contributed by atoms with van der Waals surface area (Å²) in [5.74, 6) is 1.56. The van der Waals surface area contributed by atoms with E-state index in [-0.39, 0.29) is 41.9 Å². The maximum atomic E-state index is 11.6. The van der Waals surface area contributed by atoms with E-state index in [1.807, 2.05) is 6.92 Å². The minimum Gasteiger partial charge on any atom is -0.508 e. The van der Waals surface area contributed by atoms with Crippen LogP contribution in [0.2, 0.25) is 0 Å². The van der Waals surface area contributed by atoms with Gasteiger partial charge in [-0.3, -0.25) is 0 Å². The Balaban J connectivity index is 0.00000364. The summed E-state index contributed by atoms with van der Waals surface area (Å²) in [5, 5.41) is 16.6. The smallest absolute Gasteiger partial charge is 0.409 e. The van der Waals surface area contributed by atoms with Crippen LogP contribution in [0, 0.1) is 0 Å². The van der Waals surface area contributed by atoms with Crippen molar-refractivity contribution in [2.24, 2.45) is 4.99 Å². The van der Waals surface area contributed by atoms with E-state index in [1.54, 1.807) is 30.2 Å². The van der Waals surface area contributed by atoms with E-state index in [0.717, 1.165) is 19.4 Å². The zero-order chi connectivity index (χ0) is 18.9. The van der Waals surface area contributed by atoms with Crippen molar-refractivity contribution in [1.82, 2.24) is 15.5 Å². The first-order chi connectivity index (χ1) is 12.6. The first-order valence-corrected chi connectivity index (χ1v) is 8.81. The number of carbonyl (C=O) groups excluding carboxylic acids is 1. The van der Waals surface area contributed by atoms with Crippen molar-refractivity contribution in [1.29, 1.82) is 0 Å². The second kappa shape index (κ2) is 11.7. The van der Waals surface area contributed by atoms with Crippen molar-refractivity contribution in [3.63, 3.8) is 0 Å². The number of benzene rings is 1. The SMILES string of the molecule is CCNC(=NCc1cc(OC)ccc1O)NC1CCN(C(=O)OC)CC1.I. The summed E-state index contributed by atoms with van der Waals surface area (Å²) in [6.45, 7) is 4.37. The van der Waals surface area contributed by atoms with Gasteiger partial charge in [0, 0.05) is 31.2 Å². The van der Waals surface area contributed by atoms with Crippen LogP contribution in [0.1, 0.15) is 25.3 Å². The van der Waals surface area contributed by atoms with Crippen LogP contribution in [0.25, 0.3) is 0 Å². The van der Waals surface area contributed by atoms with Crippen LogP contribution in [0.3, 0.4) is 0 Å².